The molecule has 0 N–H and O–H groups in total. The van der Waals surface area contributed by atoms with Crippen molar-refractivity contribution >= 4 is 29.4 Å². The van der Waals surface area contributed by atoms with E-state index in [0.717, 1.165) is 5.56 Å². The second-order valence-corrected chi connectivity index (χ2v) is 4.34. The Balaban J connectivity index is 2.55. The van der Waals surface area contributed by atoms with Crippen LogP contribution < -0.4 is 0 Å². The van der Waals surface area contributed by atoms with E-state index < -0.39 is 0 Å². The maximum absolute atomic E-state index is 5.87. The molecule has 1 aromatic rings. The number of aliphatic imine (C=N–C) groups is 1. The normalized spacial score (nSPS) is 13.2. The molecule has 0 heterocycles. The summed E-state index contributed by atoms with van der Waals surface area (Å²) in [7, 11) is 0. The second-order valence-electron chi connectivity index (χ2n) is 3.46. The lowest BCUT2D eigenvalue weighted by atomic mass is 10.2. The van der Waals surface area contributed by atoms with E-state index in [1.54, 1.807) is 12.3 Å². The zero-order valence-corrected chi connectivity index (χ0v) is 10.9. The highest BCUT2D eigenvalue weighted by Gasteiger charge is 1.98. The molecule has 0 aromatic heterocycles. The molecule has 0 aliphatic carbocycles. The Kier molecular flexibility index (Phi) is 5.81. The quantitative estimate of drug-likeness (QED) is 0.737. The van der Waals surface area contributed by atoms with E-state index in [2.05, 4.69) is 4.99 Å². The molecule has 1 rings (SSSR count). The monoisotopic (exact) mass is 259 g/mol. The molecule has 2 nitrogen and oxygen atoms in total. The Hall–Kier alpha value is -0.570. The average Bonchev–Trinajstić information content (AvgIpc) is 2.16. The van der Waals surface area contributed by atoms with E-state index in [4.69, 9.17) is 27.9 Å². The molecule has 0 amide bonds. The van der Waals surface area contributed by atoms with E-state index in [1.807, 2.05) is 26.0 Å². The van der Waals surface area contributed by atoms with Gasteiger partial charge in [-0.1, -0.05) is 23.2 Å². The van der Waals surface area contributed by atoms with Crippen molar-refractivity contribution in [1.82, 2.24) is 0 Å². The van der Waals surface area contributed by atoms with Crippen LogP contribution in [0.3, 0.4) is 0 Å². The molecule has 0 saturated heterocycles. The molecule has 0 saturated carbocycles. The third-order valence-electron chi connectivity index (χ3n) is 1.94. The maximum Gasteiger partial charge on any atom is 0.0741 e. The minimum absolute atomic E-state index is 0.135. The van der Waals surface area contributed by atoms with Gasteiger partial charge in [-0.3, -0.25) is 4.99 Å². The van der Waals surface area contributed by atoms with Gasteiger partial charge in [0, 0.05) is 22.9 Å². The van der Waals surface area contributed by atoms with Gasteiger partial charge < -0.3 is 4.74 Å². The number of rotatable bonds is 5. The molecule has 1 unspecified atom stereocenters. The van der Waals surface area contributed by atoms with E-state index in [0.29, 0.717) is 23.2 Å². The maximum atomic E-state index is 5.87. The molecular weight excluding hydrogens is 245 g/mol. The highest BCUT2D eigenvalue weighted by molar-refractivity contribution is 6.35. The smallest absolute Gasteiger partial charge is 0.0741 e. The lowest BCUT2D eigenvalue weighted by Gasteiger charge is -2.07. The van der Waals surface area contributed by atoms with Crippen molar-refractivity contribution < 1.29 is 4.74 Å². The Morgan fingerprint density at radius 3 is 2.50 bits per heavy atom. The van der Waals surface area contributed by atoms with E-state index >= 15 is 0 Å². The van der Waals surface area contributed by atoms with Crippen LogP contribution in [0.4, 0.5) is 0 Å². The van der Waals surface area contributed by atoms with E-state index in [-0.39, 0.29) is 6.10 Å². The third-order valence-corrected chi connectivity index (χ3v) is 2.38. The van der Waals surface area contributed by atoms with Crippen LogP contribution in [0.5, 0.6) is 0 Å². The molecule has 0 spiro atoms. The van der Waals surface area contributed by atoms with Gasteiger partial charge in [-0.15, -0.1) is 0 Å². The molecule has 0 aliphatic rings. The molecule has 0 radical (unpaired) electrons. The predicted molar refractivity (Wildman–Crippen MR) is 70.0 cm³/mol. The summed E-state index contributed by atoms with van der Waals surface area (Å²) in [4.78, 5) is 4.28. The fraction of sp³-hybridized carbons (Fsp3) is 0.417. The molecule has 0 fully saturated rings. The highest BCUT2D eigenvalue weighted by Crippen LogP contribution is 2.17. The molecular formula is C12H15Cl2NO. The summed E-state index contributed by atoms with van der Waals surface area (Å²) in [6, 6.07) is 5.34. The van der Waals surface area contributed by atoms with Crippen LogP contribution in [-0.4, -0.2) is 25.5 Å². The fourth-order valence-electron chi connectivity index (χ4n) is 1.29. The van der Waals surface area contributed by atoms with E-state index in [1.165, 1.54) is 0 Å². The van der Waals surface area contributed by atoms with Crippen LogP contribution >= 0.6 is 23.2 Å². The van der Waals surface area contributed by atoms with Crippen LogP contribution in [0.2, 0.25) is 10.0 Å². The third kappa shape index (κ3) is 4.97. The van der Waals surface area contributed by atoms with E-state index in [9.17, 15) is 0 Å². The number of hydrogen-bond acceptors (Lipinski definition) is 2. The van der Waals surface area contributed by atoms with Crippen molar-refractivity contribution in [2.75, 3.05) is 13.2 Å². The molecule has 16 heavy (non-hydrogen) atoms. The predicted octanol–water partition coefficient (Wildman–Crippen LogP) is 3.84. The van der Waals surface area contributed by atoms with Crippen LogP contribution in [-0.2, 0) is 4.74 Å². The van der Waals surface area contributed by atoms with Crippen molar-refractivity contribution in [3.05, 3.63) is 33.8 Å². The molecule has 4 heteroatoms. The summed E-state index contributed by atoms with van der Waals surface area (Å²) < 4.78 is 5.36. The van der Waals surface area contributed by atoms with Gasteiger partial charge in [0.15, 0.2) is 0 Å². The van der Waals surface area contributed by atoms with Crippen molar-refractivity contribution in [2.24, 2.45) is 4.99 Å². The van der Waals surface area contributed by atoms with Gasteiger partial charge >= 0.3 is 0 Å². The topological polar surface area (TPSA) is 21.6 Å². The second kappa shape index (κ2) is 6.89. The van der Waals surface area contributed by atoms with Crippen LogP contribution in [0.25, 0.3) is 0 Å². The average molecular weight is 260 g/mol. The standard InChI is InChI=1S/C12H15Cl2NO/c1-3-16-9(2)7-15-8-10-4-11(13)6-12(14)5-10/h4-6,8-9H,3,7H2,1-2H3. The van der Waals surface area contributed by atoms with Gasteiger partial charge in [-0.2, -0.15) is 0 Å². The first-order valence-electron chi connectivity index (χ1n) is 5.19. The first-order valence-corrected chi connectivity index (χ1v) is 5.95. The lowest BCUT2D eigenvalue weighted by Crippen LogP contribution is -2.11. The van der Waals surface area contributed by atoms with Gasteiger partial charge in [0.1, 0.15) is 0 Å². The summed E-state index contributed by atoms with van der Waals surface area (Å²) >= 11 is 11.7. The number of ether oxygens (including phenoxy) is 1. The minimum Gasteiger partial charge on any atom is -0.377 e. The van der Waals surface area contributed by atoms with Crippen molar-refractivity contribution in [2.45, 2.75) is 20.0 Å². The van der Waals surface area contributed by atoms with Crippen LogP contribution in [0, 0.1) is 0 Å². The Labute approximate surface area is 106 Å². The largest absolute Gasteiger partial charge is 0.377 e. The first kappa shape index (κ1) is 13.5. The van der Waals surface area contributed by atoms with Crippen LogP contribution in [0.15, 0.2) is 23.2 Å². The summed E-state index contributed by atoms with van der Waals surface area (Å²) in [6.07, 6.45) is 1.89. The van der Waals surface area contributed by atoms with Crippen molar-refractivity contribution in [3.8, 4) is 0 Å². The van der Waals surface area contributed by atoms with Gasteiger partial charge in [0.25, 0.3) is 0 Å². The fourth-order valence-corrected chi connectivity index (χ4v) is 1.84. The number of benzene rings is 1. The highest BCUT2D eigenvalue weighted by atomic mass is 35.5. The Morgan fingerprint density at radius 2 is 1.94 bits per heavy atom. The Bertz CT molecular complexity index is 346. The minimum atomic E-state index is 0.135. The molecule has 1 aromatic carbocycles. The van der Waals surface area contributed by atoms with Gasteiger partial charge in [-0.25, -0.2) is 0 Å². The zero-order chi connectivity index (χ0) is 12.0. The van der Waals surface area contributed by atoms with Crippen molar-refractivity contribution in [1.29, 1.82) is 0 Å². The summed E-state index contributed by atoms with van der Waals surface area (Å²) in [6.45, 7) is 5.31. The number of hydrogen-bond donors (Lipinski definition) is 0. The number of halogens is 2. The molecule has 88 valence electrons. The first-order chi connectivity index (χ1) is 7.61. The molecule has 0 aliphatic heterocycles. The van der Waals surface area contributed by atoms with Crippen LogP contribution in [0.1, 0.15) is 19.4 Å². The molecule has 1 atom stereocenters. The Morgan fingerprint density at radius 1 is 1.31 bits per heavy atom. The van der Waals surface area contributed by atoms with Gasteiger partial charge in [-0.05, 0) is 37.6 Å². The summed E-state index contributed by atoms with van der Waals surface area (Å²) in [5, 5.41) is 1.23. The summed E-state index contributed by atoms with van der Waals surface area (Å²) in [5.41, 5.74) is 0.904. The molecule has 0 bridgehead atoms. The van der Waals surface area contributed by atoms with Gasteiger partial charge in [0.05, 0.1) is 12.6 Å². The SMILES string of the molecule is CCOC(C)CN=Cc1cc(Cl)cc(Cl)c1. The number of nitrogens with zero attached hydrogens (tertiary/aromatic N) is 1. The van der Waals surface area contributed by atoms with Gasteiger partial charge in [0.2, 0.25) is 0 Å². The van der Waals surface area contributed by atoms with Crippen molar-refractivity contribution in [3.63, 3.8) is 0 Å². The zero-order valence-electron chi connectivity index (χ0n) is 9.41. The lowest BCUT2D eigenvalue weighted by molar-refractivity contribution is 0.0830. The summed E-state index contributed by atoms with van der Waals surface area (Å²) in [5.74, 6) is 0.